The van der Waals surface area contributed by atoms with Gasteiger partial charge in [0, 0.05) is 6.20 Å². The second-order valence-corrected chi connectivity index (χ2v) is 5.73. The number of fused-ring (bicyclic) bond motifs is 1. The van der Waals surface area contributed by atoms with Gasteiger partial charge in [0.15, 0.2) is 6.29 Å². The molecule has 0 atom stereocenters. The number of hydrogen-bond acceptors (Lipinski definition) is 2. The number of carbonyl (C=O) groups excluding carboxylic acids is 1. The molecule has 0 radical (unpaired) electrons. The number of hydrogen-bond donors (Lipinski definition) is 0. The van der Waals surface area contributed by atoms with Crippen molar-refractivity contribution in [2.75, 3.05) is 0 Å². The van der Waals surface area contributed by atoms with Gasteiger partial charge in [-0.1, -0.05) is 26.8 Å². The smallest absolute Gasteiger partial charge is 0.168 e. The number of rotatable bonds is 2. The highest BCUT2D eigenvalue weighted by Crippen LogP contribution is 2.23. The molecule has 0 unspecified atom stereocenters. The third-order valence-electron chi connectivity index (χ3n) is 2.69. The number of imidazole rings is 1. The van der Waals surface area contributed by atoms with Crippen LogP contribution in [-0.2, 0) is 6.42 Å². The maximum absolute atomic E-state index is 11.2. The maximum Gasteiger partial charge on any atom is 0.168 e. The van der Waals surface area contributed by atoms with Gasteiger partial charge in [0.25, 0.3) is 0 Å². The highest BCUT2D eigenvalue weighted by atomic mass is 16.1. The van der Waals surface area contributed by atoms with E-state index < -0.39 is 0 Å². The molecule has 0 aliphatic carbocycles. The van der Waals surface area contributed by atoms with Crippen LogP contribution in [0, 0.1) is 12.3 Å². The average Bonchev–Trinajstić information content (AvgIpc) is 2.51. The number of aldehydes is 1. The summed E-state index contributed by atoms with van der Waals surface area (Å²) in [5, 5.41) is 0. The van der Waals surface area contributed by atoms with Crippen molar-refractivity contribution in [1.29, 1.82) is 0 Å². The lowest BCUT2D eigenvalue weighted by Gasteiger charge is -2.16. The predicted octanol–water partition coefficient (Wildman–Crippen LogP) is 3.04. The van der Waals surface area contributed by atoms with Gasteiger partial charge in [0.1, 0.15) is 11.3 Å². The number of pyridine rings is 1. The minimum Gasteiger partial charge on any atom is -0.297 e. The van der Waals surface area contributed by atoms with Gasteiger partial charge in [-0.15, -0.1) is 0 Å². The summed E-state index contributed by atoms with van der Waals surface area (Å²) in [4.78, 5) is 15.8. The van der Waals surface area contributed by atoms with Crippen molar-refractivity contribution in [2.45, 2.75) is 34.1 Å². The zero-order valence-electron chi connectivity index (χ0n) is 10.8. The normalized spacial score (nSPS) is 12.0. The first-order chi connectivity index (χ1) is 7.90. The summed E-state index contributed by atoms with van der Waals surface area (Å²) in [6.07, 6.45) is 3.67. The van der Waals surface area contributed by atoms with Crippen LogP contribution < -0.4 is 0 Å². The van der Waals surface area contributed by atoms with Crippen LogP contribution in [0.4, 0.5) is 0 Å². The Morgan fingerprint density at radius 3 is 2.65 bits per heavy atom. The van der Waals surface area contributed by atoms with E-state index in [0.29, 0.717) is 5.69 Å². The molecule has 3 heteroatoms. The molecule has 2 aromatic heterocycles. The van der Waals surface area contributed by atoms with Crippen LogP contribution in [0.15, 0.2) is 18.3 Å². The van der Waals surface area contributed by atoms with Crippen LogP contribution in [0.1, 0.15) is 42.5 Å². The van der Waals surface area contributed by atoms with Gasteiger partial charge >= 0.3 is 0 Å². The lowest BCUT2D eigenvalue weighted by atomic mass is 9.90. The molecule has 0 fully saturated rings. The van der Waals surface area contributed by atoms with Gasteiger partial charge in [-0.25, -0.2) is 4.98 Å². The number of aryl methyl sites for hydroxylation is 1. The van der Waals surface area contributed by atoms with Gasteiger partial charge < -0.3 is 0 Å². The van der Waals surface area contributed by atoms with E-state index in [1.54, 1.807) is 0 Å². The predicted molar refractivity (Wildman–Crippen MR) is 68.5 cm³/mol. The van der Waals surface area contributed by atoms with Crippen LogP contribution in [0.3, 0.4) is 0 Å². The lowest BCUT2D eigenvalue weighted by Crippen LogP contribution is -2.11. The van der Waals surface area contributed by atoms with Crippen molar-refractivity contribution in [3.05, 3.63) is 35.3 Å². The first-order valence-electron chi connectivity index (χ1n) is 5.83. The fraction of sp³-hybridized carbons (Fsp3) is 0.429. The Morgan fingerprint density at radius 2 is 2.06 bits per heavy atom. The molecule has 0 aliphatic heterocycles. The molecule has 0 bridgehead atoms. The third-order valence-corrected chi connectivity index (χ3v) is 2.69. The van der Waals surface area contributed by atoms with E-state index >= 15 is 0 Å². The molecule has 0 saturated heterocycles. The Balaban J connectivity index is 2.60. The van der Waals surface area contributed by atoms with Crippen molar-refractivity contribution in [3.63, 3.8) is 0 Å². The zero-order valence-corrected chi connectivity index (χ0v) is 10.8. The van der Waals surface area contributed by atoms with E-state index in [1.807, 2.05) is 29.7 Å². The minimum atomic E-state index is 0.130. The third kappa shape index (κ3) is 2.38. The minimum absolute atomic E-state index is 0.130. The molecule has 2 aromatic rings. The van der Waals surface area contributed by atoms with E-state index in [4.69, 9.17) is 0 Å². The van der Waals surface area contributed by atoms with Crippen molar-refractivity contribution >= 4 is 11.9 Å². The molecule has 2 heterocycles. The monoisotopic (exact) mass is 230 g/mol. The highest BCUT2D eigenvalue weighted by molar-refractivity contribution is 5.76. The Bertz CT molecular complexity index is 561. The Hall–Kier alpha value is -1.64. The summed E-state index contributed by atoms with van der Waals surface area (Å²) in [5.74, 6) is 0. The molecule has 90 valence electrons. The summed E-state index contributed by atoms with van der Waals surface area (Å²) in [6.45, 7) is 8.46. The SMILES string of the molecule is Cc1ccc2nc(CC(C)(C)C)c(C=O)n2c1. The topological polar surface area (TPSA) is 34.4 Å². The molecule has 0 spiro atoms. The second kappa shape index (κ2) is 3.99. The van der Waals surface area contributed by atoms with Crippen LogP contribution in [0.25, 0.3) is 5.65 Å². The quantitative estimate of drug-likeness (QED) is 0.743. The van der Waals surface area contributed by atoms with E-state index in [0.717, 1.165) is 29.6 Å². The molecule has 0 aliphatic rings. The molecule has 17 heavy (non-hydrogen) atoms. The van der Waals surface area contributed by atoms with E-state index in [-0.39, 0.29) is 5.41 Å². The first-order valence-corrected chi connectivity index (χ1v) is 5.83. The van der Waals surface area contributed by atoms with Gasteiger partial charge in [-0.05, 0) is 30.4 Å². The van der Waals surface area contributed by atoms with Gasteiger partial charge in [-0.2, -0.15) is 0 Å². The van der Waals surface area contributed by atoms with Crippen LogP contribution in [0.5, 0.6) is 0 Å². The highest BCUT2D eigenvalue weighted by Gasteiger charge is 2.18. The maximum atomic E-state index is 11.2. The molecule has 0 N–H and O–H groups in total. The van der Waals surface area contributed by atoms with Crippen LogP contribution in [0.2, 0.25) is 0 Å². The Labute approximate surface area is 101 Å². The van der Waals surface area contributed by atoms with Gasteiger partial charge in [0.05, 0.1) is 5.69 Å². The summed E-state index contributed by atoms with van der Waals surface area (Å²) < 4.78 is 1.88. The van der Waals surface area contributed by atoms with Crippen molar-refractivity contribution in [2.24, 2.45) is 5.41 Å². The van der Waals surface area contributed by atoms with Gasteiger partial charge in [-0.3, -0.25) is 9.20 Å². The summed E-state index contributed by atoms with van der Waals surface area (Å²) >= 11 is 0. The second-order valence-electron chi connectivity index (χ2n) is 5.73. The number of nitrogens with zero attached hydrogens (tertiary/aromatic N) is 2. The Morgan fingerprint density at radius 1 is 1.35 bits per heavy atom. The molecule has 3 nitrogen and oxygen atoms in total. The zero-order chi connectivity index (χ0) is 12.6. The standard InChI is InChI=1S/C14H18N2O/c1-10-5-6-13-15-11(7-14(2,3)4)12(9-17)16(13)8-10/h5-6,8-9H,7H2,1-4H3. The number of carbonyl (C=O) groups is 1. The molecular formula is C14H18N2O. The summed E-state index contributed by atoms with van der Waals surface area (Å²) in [5.41, 5.74) is 3.67. The summed E-state index contributed by atoms with van der Waals surface area (Å²) in [7, 11) is 0. The van der Waals surface area contributed by atoms with E-state index in [9.17, 15) is 4.79 Å². The summed E-state index contributed by atoms with van der Waals surface area (Å²) in [6, 6.07) is 3.96. The lowest BCUT2D eigenvalue weighted by molar-refractivity contribution is 0.111. The fourth-order valence-corrected chi connectivity index (χ4v) is 1.97. The van der Waals surface area contributed by atoms with Crippen molar-refractivity contribution in [1.82, 2.24) is 9.38 Å². The molecular weight excluding hydrogens is 212 g/mol. The van der Waals surface area contributed by atoms with E-state index in [1.165, 1.54) is 0 Å². The Kier molecular flexibility index (Phi) is 2.77. The fourth-order valence-electron chi connectivity index (χ4n) is 1.97. The van der Waals surface area contributed by atoms with Crippen LogP contribution >= 0.6 is 0 Å². The van der Waals surface area contributed by atoms with Crippen molar-refractivity contribution < 1.29 is 4.79 Å². The molecule has 0 aromatic carbocycles. The number of aromatic nitrogens is 2. The van der Waals surface area contributed by atoms with Crippen LogP contribution in [-0.4, -0.2) is 15.7 Å². The van der Waals surface area contributed by atoms with Crippen molar-refractivity contribution in [3.8, 4) is 0 Å². The largest absolute Gasteiger partial charge is 0.297 e. The average molecular weight is 230 g/mol. The molecule has 0 amide bonds. The molecule has 0 saturated carbocycles. The van der Waals surface area contributed by atoms with Gasteiger partial charge in [0.2, 0.25) is 0 Å². The van der Waals surface area contributed by atoms with E-state index in [2.05, 4.69) is 25.8 Å². The first kappa shape index (κ1) is 11.8. The molecule has 2 rings (SSSR count).